The zero-order valence-electron chi connectivity index (χ0n) is 17.1. The van der Waals surface area contributed by atoms with E-state index < -0.39 is 4.92 Å². The molecule has 2 N–H and O–H groups in total. The first-order valence-corrected chi connectivity index (χ1v) is 12.0. The molecule has 5 rings (SSSR count). The Labute approximate surface area is 205 Å². The smallest absolute Gasteiger partial charge is 0.345 e. The van der Waals surface area contributed by atoms with Gasteiger partial charge in [0, 0.05) is 11.5 Å². The summed E-state index contributed by atoms with van der Waals surface area (Å²) in [6.07, 6.45) is 1.11. The number of carbonyl (C=O) groups is 1. The van der Waals surface area contributed by atoms with Crippen molar-refractivity contribution in [1.29, 1.82) is 0 Å². The molecule has 170 valence electrons. The molecular weight excluding hydrogens is 498 g/mol. The van der Waals surface area contributed by atoms with Crippen LogP contribution >= 0.6 is 34.7 Å². The Bertz CT molecular complexity index is 1550. The quantitative estimate of drug-likeness (QED) is 0.150. The summed E-state index contributed by atoms with van der Waals surface area (Å²) in [7, 11) is 0. The van der Waals surface area contributed by atoms with Gasteiger partial charge < -0.3 is 15.0 Å². The van der Waals surface area contributed by atoms with Crippen molar-refractivity contribution in [3.05, 3.63) is 75.9 Å². The first kappa shape index (κ1) is 22.1. The van der Waals surface area contributed by atoms with Crippen LogP contribution in [-0.4, -0.2) is 31.5 Å². The van der Waals surface area contributed by atoms with E-state index in [1.165, 1.54) is 11.8 Å². The fraction of sp³-hybridized carbons (Fsp3) is 0.0455. The van der Waals surface area contributed by atoms with Crippen LogP contribution in [0.3, 0.4) is 0 Å². The van der Waals surface area contributed by atoms with E-state index in [2.05, 4.69) is 20.3 Å². The predicted molar refractivity (Wildman–Crippen MR) is 133 cm³/mol. The molecule has 2 heterocycles. The molecule has 1 amide bonds. The maximum Gasteiger partial charge on any atom is 0.345 e. The van der Waals surface area contributed by atoms with Crippen molar-refractivity contribution in [2.75, 3.05) is 11.1 Å². The third-order valence-corrected chi connectivity index (χ3v) is 6.78. The highest BCUT2D eigenvalue weighted by atomic mass is 35.5. The number of hydrogen-bond donors (Lipinski definition) is 2. The zero-order valence-corrected chi connectivity index (χ0v) is 19.5. The molecule has 0 unspecified atom stereocenters. The number of fused-ring (bicyclic) bond motifs is 2. The van der Waals surface area contributed by atoms with Crippen molar-refractivity contribution in [3.8, 4) is 11.5 Å². The molecule has 9 nitrogen and oxygen atoms in total. The number of ether oxygens (including phenoxy) is 1. The normalized spacial score (nSPS) is 11.1. The highest BCUT2D eigenvalue weighted by molar-refractivity contribution is 7.99. The van der Waals surface area contributed by atoms with Gasteiger partial charge in [0.2, 0.25) is 5.91 Å². The lowest BCUT2D eigenvalue weighted by molar-refractivity contribution is -0.380. The molecule has 12 heteroatoms. The minimum atomic E-state index is -0.556. The molecule has 2 aromatic heterocycles. The van der Waals surface area contributed by atoms with Gasteiger partial charge in [0.25, 0.3) is 0 Å². The molecule has 0 spiro atoms. The van der Waals surface area contributed by atoms with Crippen molar-refractivity contribution in [2.24, 2.45) is 0 Å². The van der Waals surface area contributed by atoms with Gasteiger partial charge in [0.1, 0.15) is 17.7 Å². The van der Waals surface area contributed by atoms with Crippen LogP contribution < -0.4 is 10.1 Å². The minimum Gasteiger partial charge on any atom is -0.455 e. The van der Waals surface area contributed by atoms with E-state index in [0.717, 1.165) is 28.3 Å². The monoisotopic (exact) mass is 511 g/mol. The third kappa shape index (κ3) is 4.67. The summed E-state index contributed by atoms with van der Waals surface area (Å²) in [6.45, 7) is 0. The number of nitrogens with one attached hydrogen (secondary N) is 2. The van der Waals surface area contributed by atoms with Crippen molar-refractivity contribution in [1.82, 2.24) is 15.0 Å². The number of thiazole rings is 1. The second-order valence-corrected chi connectivity index (χ2v) is 9.40. The summed E-state index contributed by atoms with van der Waals surface area (Å²) in [5.74, 6) is 0.841. The van der Waals surface area contributed by atoms with Crippen LogP contribution in [0.4, 0.5) is 10.1 Å². The third-order valence-electron chi connectivity index (χ3n) is 4.74. The molecule has 34 heavy (non-hydrogen) atoms. The second-order valence-electron chi connectivity index (χ2n) is 7.02. The summed E-state index contributed by atoms with van der Waals surface area (Å²) in [5, 5.41) is 16.3. The number of nitro groups is 1. The average molecular weight is 512 g/mol. The number of halogens is 1. The Morgan fingerprint density at radius 3 is 2.85 bits per heavy atom. The van der Waals surface area contributed by atoms with E-state index in [0.29, 0.717) is 32.7 Å². The van der Waals surface area contributed by atoms with Crippen molar-refractivity contribution >= 4 is 72.5 Å². The van der Waals surface area contributed by atoms with Gasteiger partial charge in [0.15, 0.2) is 10.3 Å². The minimum absolute atomic E-state index is 0.0420. The van der Waals surface area contributed by atoms with E-state index in [-0.39, 0.29) is 21.8 Å². The molecule has 0 aliphatic heterocycles. The van der Waals surface area contributed by atoms with Gasteiger partial charge in [-0.15, -0.1) is 0 Å². The number of aromatic nitrogens is 3. The second kappa shape index (κ2) is 9.29. The van der Waals surface area contributed by atoms with E-state index >= 15 is 0 Å². The Morgan fingerprint density at radius 2 is 2.03 bits per heavy atom. The largest absolute Gasteiger partial charge is 0.455 e. The lowest BCUT2D eigenvalue weighted by Crippen LogP contribution is -2.13. The van der Waals surface area contributed by atoms with E-state index in [1.54, 1.807) is 12.1 Å². The molecule has 3 aromatic carbocycles. The fourth-order valence-corrected chi connectivity index (χ4v) is 4.77. The van der Waals surface area contributed by atoms with Gasteiger partial charge in [0.05, 0.1) is 26.7 Å². The number of H-pyrrole nitrogens is 1. The number of carbonyl (C=O) groups excluding carboxylic acids is 1. The number of nitrogens with zero attached hydrogens (tertiary/aromatic N) is 3. The van der Waals surface area contributed by atoms with Gasteiger partial charge in [-0.25, -0.2) is 9.97 Å². The van der Waals surface area contributed by atoms with E-state index in [1.807, 2.05) is 42.5 Å². The summed E-state index contributed by atoms with van der Waals surface area (Å²) in [6, 6.07) is 17.2. The number of aromatic amines is 1. The van der Waals surface area contributed by atoms with Gasteiger partial charge in [-0.05, 0) is 28.9 Å². The van der Waals surface area contributed by atoms with E-state index in [4.69, 9.17) is 16.3 Å². The standard InChI is InChI=1S/C22H14ClN5O4S2/c23-14-8-15-16(9-18(14)32-17-7-3-5-12-4-1-2-6-13(12)17)26-22(25-15)33-11-19(29)27-21-24-10-20(34-21)28(30)31/h1-10H,11H2,(H,25,26)(H,24,27,29). The zero-order chi connectivity index (χ0) is 23.7. The highest BCUT2D eigenvalue weighted by Gasteiger charge is 2.15. The molecule has 0 radical (unpaired) electrons. The highest BCUT2D eigenvalue weighted by Crippen LogP contribution is 2.36. The molecule has 0 saturated carbocycles. The van der Waals surface area contributed by atoms with Crippen LogP contribution in [-0.2, 0) is 4.79 Å². The molecule has 0 bridgehead atoms. The average Bonchev–Trinajstić information content (AvgIpc) is 3.45. The first-order chi connectivity index (χ1) is 16.5. The van der Waals surface area contributed by atoms with Crippen molar-refractivity contribution in [2.45, 2.75) is 5.16 Å². The lowest BCUT2D eigenvalue weighted by Gasteiger charge is -2.10. The SMILES string of the molecule is O=C(CSc1nc2cc(Oc3cccc4ccccc34)c(Cl)cc2[nH]1)Nc1ncc([N+](=O)[O-])s1. The van der Waals surface area contributed by atoms with Gasteiger partial charge in [-0.1, -0.05) is 59.8 Å². The van der Waals surface area contributed by atoms with E-state index in [9.17, 15) is 14.9 Å². The molecule has 0 saturated heterocycles. The Balaban J connectivity index is 1.30. The molecule has 0 fully saturated rings. The number of benzene rings is 3. The summed E-state index contributed by atoms with van der Waals surface area (Å²) in [4.78, 5) is 33.8. The molecular formula is C22H14ClN5O4S2. The molecule has 0 atom stereocenters. The van der Waals surface area contributed by atoms with Crippen LogP contribution in [0.15, 0.2) is 66.0 Å². The van der Waals surface area contributed by atoms with Crippen LogP contribution in [0.2, 0.25) is 5.02 Å². The number of imidazole rings is 1. The van der Waals surface area contributed by atoms with Crippen LogP contribution in [0.25, 0.3) is 21.8 Å². The topological polar surface area (TPSA) is 123 Å². The Hall–Kier alpha value is -3.67. The summed E-state index contributed by atoms with van der Waals surface area (Å²) in [5.41, 5.74) is 1.34. The van der Waals surface area contributed by atoms with Gasteiger partial charge in [-0.3, -0.25) is 14.9 Å². The van der Waals surface area contributed by atoms with Gasteiger partial charge >= 0.3 is 5.00 Å². The predicted octanol–water partition coefficient (Wildman–Crippen LogP) is 6.26. The number of rotatable bonds is 7. The number of thioether (sulfide) groups is 1. The van der Waals surface area contributed by atoms with Crippen molar-refractivity contribution in [3.63, 3.8) is 0 Å². The Kier molecular flexibility index (Phi) is 6.05. The molecule has 5 aromatic rings. The maximum absolute atomic E-state index is 12.2. The first-order valence-electron chi connectivity index (χ1n) is 9.84. The lowest BCUT2D eigenvalue weighted by atomic mass is 10.1. The van der Waals surface area contributed by atoms with Crippen LogP contribution in [0, 0.1) is 10.1 Å². The van der Waals surface area contributed by atoms with Crippen molar-refractivity contribution < 1.29 is 14.5 Å². The van der Waals surface area contributed by atoms with Crippen LogP contribution in [0.5, 0.6) is 11.5 Å². The summed E-state index contributed by atoms with van der Waals surface area (Å²) < 4.78 is 6.11. The van der Waals surface area contributed by atoms with Gasteiger partial charge in [-0.2, -0.15) is 0 Å². The number of hydrogen-bond acceptors (Lipinski definition) is 8. The molecule has 0 aliphatic carbocycles. The Morgan fingerprint density at radius 1 is 1.21 bits per heavy atom. The number of amides is 1. The molecule has 0 aliphatic rings. The summed E-state index contributed by atoms with van der Waals surface area (Å²) >= 11 is 8.44. The maximum atomic E-state index is 12.2. The number of anilines is 1. The van der Waals surface area contributed by atoms with Crippen LogP contribution in [0.1, 0.15) is 0 Å². The fourth-order valence-electron chi connectivity index (χ4n) is 3.23.